The van der Waals surface area contributed by atoms with E-state index in [9.17, 15) is 13.2 Å². The number of nitrogens with zero attached hydrogens (tertiary/aromatic N) is 1. The minimum Gasteiger partial charge on any atom is -0.492 e. The van der Waals surface area contributed by atoms with E-state index in [1.807, 2.05) is 44.4 Å². The Bertz CT molecular complexity index is 1200. The Morgan fingerprint density at radius 3 is 2.33 bits per heavy atom. The summed E-state index contributed by atoms with van der Waals surface area (Å²) < 4.78 is 34.1. The summed E-state index contributed by atoms with van der Waals surface area (Å²) in [4.78, 5) is 14.0. The van der Waals surface area contributed by atoms with Gasteiger partial charge in [0.2, 0.25) is 5.91 Å². The average Bonchev–Trinajstić information content (AvgIpc) is 2.82. The van der Waals surface area contributed by atoms with Crippen molar-refractivity contribution in [1.82, 2.24) is 5.32 Å². The zero-order valence-electron chi connectivity index (χ0n) is 18.9. The summed E-state index contributed by atoms with van der Waals surface area (Å²) in [6.45, 7) is 4.10. The van der Waals surface area contributed by atoms with Crippen LogP contribution in [0, 0.1) is 6.92 Å². The first-order valence-corrected chi connectivity index (χ1v) is 13.2. The number of thioether (sulfide) groups is 1. The Morgan fingerprint density at radius 2 is 1.67 bits per heavy atom. The Morgan fingerprint density at radius 1 is 1.00 bits per heavy atom. The van der Waals surface area contributed by atoms with Crippen LogP contribution in [0.4, 0.5) is 5.69 Å². The topological polar surface area (TPSA) is 75.7 Å². The number of hydrogen-bond donors (Lipinski definition) is 1. The van der Waals surface area contributed by atoms with Crippen LogP contribution in [0.3, 0.4) is 0 Å². The van der Waals surface area contributed by atoms with Crippen molar-refractivity contribution in [3.63, 3.8) is 0 Å². The second-order valence-electron chi connectivity index (χ2n) is 7.29. The number of hydrogen-bond acceptors (Lipinski definition) is 5. The highest BCUT2D eigenvalue weighted by atomic mass is 32.2. The van der Waals surface area contributed by atoms with Crippen molar-refractivity contribution in [2.24, 2.45) is 0 Å². The third-order valence-corrected chi connectivity index (χ3v) is 7.62. The number of carbonyl (C=O) groups excluding carboxylic acids is 1. The molecular weight excluding hydrogens is 456 g/mol. The lowest BCUT2D eigenvalue weighted by Crippen LogP contribution is -2.41. The molecule has 1 amide bonds. The molecule has 33 heavy (non-hydrogen) atoms. The summed E-state index contributed by atoms with van der Waals surface area (Å²) in [5.74, 6) is -0.00937. The number of nitrogens with one attached hydrogen (secondary N) is 1. The fourth-order valence-corrected chi connectivity index (χ4v) is 5.14. The molecule has 0 unspecified atom stereocenters. The Hall–Kier alpha value is -2.97. The van der Waals surface area contributed by atoms with Gasteiger partial charge >= 0.3 is 0 Å². The van der Waals surface area contributed by atoms with E-state index in [-0.39, 0.29) is 11.4 Å². The third kappa shape index (κ3) is 6.09. The standard InChI is InChI=1S/C25H28N2O4S2/c1-4-31-24-12-8-7-11-23(24)27(33(29,30)22-15-13-21(32-3)14-16-22)18-25(28)26-17-20-10-6-5-9-19(20)2/h5-16H,4,17-18H2,1-3H3,(H,26,28). The summed E-state index contributed by atoms with van der Waals surface area (Å²) in [7, 11) is -4.02. The molecule has 6 nitrogen and oxygen atoms in total. The molecule has 0 aliphatic carbocycles. The number of carbonyl (C=O) groups is 1. The van der Waals surface area contributed by atoms with Crippen molar-refractivity contribution in [3.05, 3.63) is 83.9 Å². The molecule has 3 rings (SSSR count). The van der Waals surface area contributed by atoms with Crippen LogP contribution in [-0.4, -0.2) is 33.7 Å². The first-order chi connectivity index (χ1) is 15.9. The van der Waals surface area contributed by atoms with E-state index in [0.717, 1.165) is 20.3 Å². The molecule has 174 valence electrons. The second-order valence-corrected chi connectivity index (χ2v) is 10.0. The predicted octanol–water partition coefficient (Wildman–Crippen LogP) is 4.63. The number of para-hydroxylation sites is 2. The molecule has 0 saturated heterocycles. The minimum absolute atomic E-state index is 0.110. The van der Waals surface area contributed by atoms with E-state index in [1.54, 1.807) is 48.5 Å². The van der Waals surface area contributed by atoms with E-state index in [0.29, 0.717) is 24.6 Å². The zero-order chi connectivity index (χ0) is 23.8. The van der Waals surface area contributed by atoms with Gasteiger partial charge < -0.3 is 10.1 Å². The van der Waals surface area contributed by atoms with Crippen LogP contribution in [0.2, 0.25) is 0 Å². The quantitative estimate of drug-likeness (QED) is 0.425. The lowest BCUT2D eigenvalue weighted by atomic mass is 10.1. The number of aryl methyl sites for hydroxylation is 1. The summed E-state index contributed by atoms with van der Waals surface area (Å²) in [5.41, 5.74) is 2.35. The maximum Gasteiger partial charge on any atom is 0.264 e. The van der Waals surface area contributed by atoms with Crippen LogP contribution in [-0.2, 0) is 21.4 Å². The fraction of sp³-hybridized carbons (Fsp3) is 0.240. The Kier molecular flexibility index (Phi) is 8.41. The number of ether oxygens (including phenoxy) is 1. The van der Waals surface area contributed by atoms with Gasteiger partial charge in [0, 0.05) is 11.4 Å². The van der Waals surface area contributed by atoms with Gasteiger partial charge in [0.1, 0.15) is 12.3 Å². The molecule has 0 saturated carbocycles. The van der Waals surface area contributed by atoms with Crippen molar-refractivity contribution in [3.8, 4) is 5.75 Å². The molecule has 1 N–H and O–H groups in total. The summed E-state index contributed by atoms with van der Waals surface area (Å²) in [5, 5.41) is 2.84. The van der Waals surface area contributed by atoms with Gasteiger partial charge in [-0.2, -0.15) is 0 Å². The molecule has 8 heteroatoms. The first kappa shape index (κ1) is 24.7. The Labute approximate surface area is 200 Å². The van der Waals surface area contributed by atoms with Gasteiger partial charge in [-0.25, -0.2) is 8.42 Å². The Balaban J connectivity index is 1.93. The van der Waals surface area contributed by atoms with E-state index in [4.69, 9.17) is 4.74 Å². The monoisotopic (exact) mass is 484 g/mol. The maximum atomic E-state index is 13.6. The van der Waals surface area contributed by atoms with Crippen molar-refractivity contribution in [1.29, 1.82) is 0 Å². The van der Waals surface area contributed by atoms with E-state index in [1.165, 1.54) is 11.8 Å². The fourth-order valence-electron chi connectivity index (χ4n) is 3.30. The number of rotatable bonds is 10. The molecule has 0 aliphatic rings. The van der Waals surface area contributed by atoms with Crippen LogP contribution < -0.4 is 14.4 Å². The molecule has 0 fully saturated rings. The van der Waals surface area contributed by atoms with E-state index >= 15 is 0 Å². The first-order valence-electron chi connectivity index (χ1n) is 10.6. The molecule has 0 radical (unpaired) electrons. The zero-order valence-corrected chi connectivity index (χ0v) is 20.6. The maximum absolute atomic E-state index is 13.6. The molecule has 0 aliphatic heterocycles. The molecule has 0 spiro atoms. The van der Waals surface area contributed by atoms with Crippen LogP contribution in [0.15, 0.2) is 82.6 Å². The van der Waals surface area contributed by atoms with Crippen LogP contribution >= 0.6 is 11.8 Å². The molecule has 0 bridgehead atoms. The van der Waals surface area contributed by atoms with Gasteiger partial charge in [-0.05, 0) is 67.6 Å². The van der Waals surface area contributed by atoms with Gasteiger partial charge in [-0.15, -0.1) is 11.8 Å². The molecule has 3 aromatic carbocycles. The predicted molar refractivity (Wildman–Crippen MR) is 133 cm³/mol. The highest BCUT2D eigenvalue weighted by molar-refractivity contribution is 7.98. The number of anilines is 1. The van der Waals surface area contributed by atoms with Crippen LogP contribution in [0.25, 0.3) is 0 Å². The lowest BCUT2D eigenvalue weighted by molar-refractivity contribution is -0.119. The number of amides is 1. The highest BCUT2D eigenvalue weighted by Gasteiger charge is 2.29. The molecular formula is C25H28N2O4S2. The highest BCUT2D eigenvalue weighted by Crippen LogP contribution is 2.32. The van der Waals surface area contributed by atoms with Crippen molar-refractivity contribution in [2.75, 3.05) is 23.7 Å². The van der Waals surface area contributed by atoms with Crippen molar-refractivity contribution < 1.29 is 17.9 Å². The SMILES string of the molecule is CCOc1ccccc1N(CC(=O)NCc1ccccc1C)S(=O)(=O)c1ccc(SC)cc1. The van der Waals surface area contributed by atoms with Gasteiger partial charge in [-0.1, -0.05) is 36.4 Å². The van der Waals surface area contributed by atoms with Gasteiger partial charge in [0.25, 0.3) is 10.0 Å². The lowest BCUT2D eigenvalue weighted by Gasteiger charge is -2.26. The van der Waals surface area contributed by atoms with Gasteiger partial charge in [0.05, 0.1) is 17.2 Å². The number of benzene rings is 3. The van der Waals surface area contributed by atoms with Crippen LogP contribution in [0.1, 0.15) is 18.1 Å². The summed E-state index contributed by atoms with van der Waals surface area (Å²) in [6.07, 6.45) is 1.92. The van der Waals surface area contributed by atoms with E-state index in [2.05, 4.69) is 5.32 Å². The third-order valence-electron chi connectivity index (χ3n) is 5.11. The largest absolute Gasteiger partial charge is 0.492 e. The van der Waals surface area contributed by atoms with Gasteiger partial charge in [-0.3, -0.25) is 9.10 Å². The smallest absolute Gasteiger partial charge is 0.264 e. The molecule has 0 heterocycles. The molecule has 0 aromatic heterocycles. The van der Waals surface area contributed by atoms with E-state index < -0.39 is 15.9 Å². The van der Waals surface area contributed by atoms with Gasteiger partial charge in [0.15, 0.2) is 0 Å². The summed E-state index contributed by atoms with van der Waals surface area (Å²) >= 11 is 1.53. The molecule has 3 aromatic rings. The van der Waals surface area contributed by atoms with Crippen molar-refractivity contribution in [2.45, 2.75) is 30.2 Å². The average molecular weight is 485 g/mol. The molecule has 0 atom stereocenters. The van der Waals surface area contributed by atoms with Crippen molar-refractivity contribution >= 4 is 33.4 Å². The summed E-state index contributed by atoms with van der Waals surface area (Å²) in [6, 6.07) is 21.2. The number of sulfonamides is 1. The second kappa shape index (κ2) is 11.2. The normalized spacial score (nSPS) is 11.1. The van der Waals surface area contributed by atoms with Crippen LogP contribution in [0.5, 0.6) is 5.75 Å². The minimum atomic E-state index is -4.02.